The number of rotatable bonds is 8. The number of carboxylic acid groups (broad SMARTS) is 1. The number of aliphatic hydroxyl groups excluding tert-OH is 1. The Labute approximate surface area is 123 Å². The monoisotopic (exact) mass is 296 g/mol. The molecule has 0 amide bonds. The summed E-state index contributed by atoms with van der Waals surface area (Å²) < 4.78 is 0. The summed E-state index contributed by atoms with van der Waals surface area (Å²) in [6.45, 7) is 3.54. The minimum atomic E-state index is -0.977. The van der Waals surface area contributed by atoms with Crippen molar-refractivity contribution in [2.24, 2.45) is 5.92 Å². The lowest BCUT2D eigenvalue weighted by Crippen LogP contribution is -2.29. The zero-order valence-electron chi connectivity index (χ0n) is 11.7. The van der Waals surface area contributed by atoms with Gasteiger partial charge in [0.2, 0.25) is 0 Å². The maximum atomic E-state index is 11.7. The lowest BCUT2D eigenvalue weighted by Gasteiger charge is -2.21. The van der Waals surface area contributed by atoms with Gasteiger partial charge in [0.15, 0.2) is 0 Å². The van der Waals surface area contributed by atoms with E-state index in [1.54, 1.807) is 13.8 Å². The number of benzene rings is 1. The van der Waals surface area contributed by atoms with Crippen LogP contribution < -0.4 is 0 Å². The van der Waals surface area contributed by atoms with E-state index in [1.807, 2.05) is 30.3 Å². The number of carbonyl (C=O) groups is 2. The van der Waals surface area contributed by atoms with Crippen molar-refractivity contribution >= 4 is 23.5 Å². The predicted molar refractivity (Wildman–Crippen MR) is 78.8 cm³/mol. The Morgan fingerprint density at radius 2 is 1.75 bits per heavy atom. The highest BCUT2D eigenvalue weighted by molar-refractivity contribution is 8.00. The minimum Gasteiger partial charge on any atom is -0.481 e. The number of hydrogen-bond donors (Lipinski definition) is 2. The van der Waals surface area contributed by atoms with Crippen molar-refractivity contribution in [2.75, 3.05) is 0 Å². The van der Waals surface area contributed by atoms with Crippen LogP contribution in [-0.4, -0.2) is 33.3 Å². The lowest BCUT2D eigenvalue weighted by atomic mass is 10.0. The maximum Gasteiger partial charge on any atom is 0.304 e. The summed E-state index contributed by atoms with van der Waals surface area (Å²) in [6.07, 6.45) is -1.13. The summed E-state index contributed by atoms with van der Waals surface area (Å²) in [5.41, 5.74) is 0. The zero-order valence-corrected chi connectivity index (χ0v) is 12.5. The Hall–Kier alpha value is -1.33. The van der Waals surface area contributed by atoms with E-state index in [4.69, 9.17) is 5.11 Å². The number of carbonyl (C=O) groups excluding carboxylic acids is 1. The second kappa shape index (κ2) is 8.07. The molecule has 0 bridgehead atoms. The van der Waals surface area contributed by atoms with Crippen LogP contribution in [0.1, 0.15) is 26.7 Å². The van der Waals surface area contributed by atoms with Gasteiger partial charge in [-0.05, 0) is 12.1 Å². The number of thioether (sulfide) groups is 1. The van der Waals surface area contributed by atoms with E-state index in [0.29, 0.717) is 0 Å². The Bertz CT molecular complexity index is 444. The van der Waals surface area contributed by atoms with Gasteiger partial charge in [0, 0.05) is 22.5 Å². The third-order valence-corrected chi connectivity index (χ3v) is 4.22. The van der Waals surface area contributed by atoms with E-state index in [9.17, 15) is 14.7 Å². The number of Topliss-reactive ketones (excluding diaryl/α,β-unsaturated/α-hetero) is 1. The first-order chi connectivity index (χ1) is 9.40. The van der Waals surface area contributed by atoms with E-state index in [-0.39, 0.29) is 24.5 Å². The first-order valence-corrected chi connectivity index (χ1v) is 7.42. The lowest BCUT2D eigenvalue weighted by molar-refractivity contribution is -0.137. The van der Waals surface area contributed by atoms with Crippen LogP contribution in [0.15, 0.2) is 35.2 Å². The smallest absolute Gasteiger partial charge is 0.304 e. The second-order valence-corrected chi connectivity index (χ2v) is 6.27. The molecule has 0 aliphatic carbocycles. The molecule has 2 N–H and O–H groups in total. The van der Waals surface area contributed by atoms with Crippen molar-refractivity contribution < 1.29 is 19.8 Å². The van der Waals surface area contributed by atoms with Gasteiger partial charge in [0.1, 0.15) is 5.78 Å². The molecule has 1 rings (SSSR count). The van der Waals surface area contributed by atoms with Crippen molar-refractivity contribution in [2.45, 2.75) is 42.9 Å². The summed E-state index contributed by atoms with van der Waals surface area (Å²) in [7, 11) is 0. The van der Waals surface area contributed by atoms with Gasteiger partial charge in [0.05, 0.1) is 12.5 Å². The molecule has 1 aromatic rings. The number of ketones is 1. The zero-order chi connectivity index (χ0) is 15.1. The molecule has 5 heteroatoms. The molecule has 0 radical (unpaired) electrons. The molecule has 20 heavy (non-hydrogen) atoms. The average Bonchev–Trinajstić information content (AvgIpc) is 2.38. The fraction of sp³-hybridized carbons (Fsp3) is 0.467. The van der Waals surface area contributed by atoms with Gasteiger partial charge in [-0.3, -0.25) is 9.59 Å². The molecule has 2 atom stereocenters. The number of aliphatic hydroxyl groups is 1. The molecule has 0 spiro atoms. The minimum absolute atomic E-state index is 0.00452. The SMILES string of the molecule is CC(C)C(=O)C[C@H](O)[C@@H](CC(=O)O)Sc1ccccc1. The van der Waals surface area contributed by atoms with Crippen LogP contribution in [0, 0.1) is 5.92 Å². The van der Waals surface area contributed by atoms with Gasteiger partial charge < -0.3 is 10.2 Å². The van der Waals surface area contributed by atoms with Crippen LogP contribution in [0.3, 0.4) is 0 Å². The van der Waals surface area contributed by atoms with E-state index in [1.165, 1.54) is 11.8 Å². The first kappa shape index (κ1) is 16.7. The predicted octanol–water partition coefficient (Wildman–Crippen LogP) is 2.60. The summed E-state index contributed by atoms with van der Waals surface area (Å²) in [6, 6.07) is 9.29. The molecule has 0 aliphatic rings. The summed E-state index contributed by atoms with van der Waals surface area (Å²) in [4.78, 5) is 23.5. The van der Waals surface area contributed by atoms with Gasteiger partial charge in [-0.1, -0.05) is 32.0 Å². The highest BCUT2D eigenvalue weighted by Crippen LogP contribution is 2.29. The van der Waals surface area contributed by atoms with Crippen LogP contribution in [0.2, 0.25) is 0 Å². The number of carboxylic acids is 1. The number of hydrogen-bond acceptors (Lipinski definition) is 4. The summed E-state index contributed by atoms with van der Waals surface area (Å²) >= 11 is 1.30. The maximum absolute atomic E-state index is 11.7. The summed E-state index contributed by atoms with van der Waals surface area (Å²) in [5.74, 6) is -1.19. The topological polar surface area (TPSA) is 74.6 Å². The molecule has 0 fully saturated rings. The van der Waals surface area contributed by atoms with E-state index in [2.05, 4.69) is 0 Å². The van der Waals surface area contributed by atoms with Crippen LogP contribution in [0.5, 0.6) is 0 Å². The molecule has 0 heterocycles. The Morgan fingerprint density at radius 3 is 2.25 bits per heavy atom. The van der Waals surface area contributed by atoms with E-state index in [0.717, 1.165) is 4.90 Å². The quantitative estimate of drug-likeness (QED) is 0.721. The highest BCUT2D eigenvalue weighted by Gasteiger charge is 2.26. The molecule has 0 unspecified atom stereocenters. The second-order valence-electron chi connectivity index (χ2n) is 4.96. The van der Waals surface area contributed by atoms with Crippen molar-refractivity contribution in [3.8, 4) is 0 Å². The highest BCUT2D eigenvalue weighted by atomic mass is 32.2. The van der Waals surface area contributed by atoms with Gasteiger partial charge in [-0.25, -0.2) is 0 Å². The Balaban J connectivity index is 2.73. The molecule has 0 aliphatic heterocycles. The molecular weight excluding hydrogens is 276 g/mol. The van der Waals surface area contributed by atoms with Crippen LogP contribution in [0.25, 0.3) is 0 Å². The van der Waals surface area contributed by atoms with Gasteiger partial charge in [-0.2, -0.15) is 0 Å². The fourth-order valence-corrected chi connectivity index (χ4v) is 2.82. The van der Waals surface area contributed by atoms with E-state index >= 15 is 0 Å². The largest absolute Gasteiger partial charge is 0.481 e. The molecule has 0 saturated heterocycles. The van der Waals surface area contributed by atoms with E-state index < -0.39 is 17.3 Å². The van der Waals surface area contributed by atoms with Gasteiger partial charge in [0.25, 0.3) is 0 Å². The average molecular weight is 296 g/mol. The summed E-state index contributed by atoms with van der Waals surface area (Å²) in [5, 5.41) is 18.5. The van der Waals surface area contributed by atoms with Crippen molar-refractivity contribution in [1.29, 1.82) is 0 Å². The first-order valence-electron chi connectivity index (χ1n) is 6.54. The van der Waals surface area contributed by atoms with Crippen molar-refractivity contribution in [3.63, 3.8) is 0 Å². The van der Waals surface area contributed by atoms with Gasteiger partial charge >= 0.3 is 5.97 Å². The molecular formula is C15H20O4S. The molecule has 0 saturated carbocycles. The van der Waals surface area contributed by atoms with Crippen LogP contribution in [0.4, 0.5) is 0 Å². The third-order valence-electron chi connectivity index (χ3n) is 2.89. The Kier molecular flexibility index (Phi) is 6.75. The van der Waals surface area contributed by atoms with Crippen molar-refractivity contribution in [1.82, 2.24) is 0 Å². The molecule has 0 aromatic heterocycles. The molecule has 110 valence electrons. The van der Waals surface area contributed by atoms with Crippen LogP contribution in [-0.2, 0) is 9.59 Å². The van der Waals surface area contributed by atoms with Crippen molar-refractivity contribution in [3.05, 3.63) is 30.3 Å². The normalized spacial score (nSPS) is 14.0. The molecule has 4 nitrogen and oxygen atoms in total. The number of aliphatic carboxylic acids is 1. The van der Waals surface area contributed by atoms with Crippen LogP contribution >= 0.6 is 11.8 Å². The molecule has 1 aromatic carbocycles. The fourth-order valence-electron chi connectivity index (χ4n) is 1.68. The third kappa shape index (κ3) is 5.75. The Morgan fingerprint density at radius 1 is 1.15 bits per heavy atom. The van der Waals surface area contributed by atoms with Gasteiger partial charge in [-0.15, -0.1) is 11.8 Å². The standard InChI is InChI=1S/C15H20O4S/c1-10(2)12(16)8-13(17)14(9-15(18)19)20-11-6-4-3-5-7-11/h3-7,10,13-14,17H,8-9H2,1-2H3,(H,18,19)/t13-,14+/m0/s1.